The SMILES string of the molecule is CCOC(=O)CSc1ccc(Oc2ccc(O)c(CN)c2)c(Cl)c1Cl.Cl. The molecular weight excluding hydrogens is 421 g/mol. The van der Waals surface area contributed by atoms with Crippen molar-refractivity contribution in [2.45, 2.75) is 18.4 Å². The molecular formula is C17H18Cl3NO4S. The molecule has 0 fully saturated rings. The Morgan fingerprint density at radius 3 is 2.62 bits per heavy atom. The van der Waals surface area contributed by atoms with E-state index in [-0.39, 0.29) is 41.4 Å². The van der Waals surface area contributed by atoms with E-state index in [4.69, 9.17) is 38.4 Å². The van der Waals surface area contributed by atoms with Crippen LogP contribution in [0.2, 0.25) is 10.0 Å². The standard InChI is InChI=1S/C17H17Cl2NO4S.ClH/c1-2-23-15(22)9-25-14-6-5-13(16(18)17(14)19)24-11-3-4-12(21)10(7-11)8-20;/h3-7,21H,2,8-9,20H2,1H3;1H. The summed E-state index contributed by atoms with van der Waals surface area (Å²) >= 11 is 13.8. The van der Waals surface area contributed by atoms with Crippen LogP contribution in [-0.4, -0.2) is 23.4 Å². The monoisotopic (exact) mass is 437 g/mol. The second-order valence-electron chi connectivity index (χ2n) is 4.88. The smallest absolute Gasteiger partial charge is 0.316 e. The van der Waals surface area contributed by atoms with Gasteiger partial charge in [0.05, 0.1) is 17.4 Å². The lowest BCUT2D eigenvalue weighted by atomic mass is 10.2. The average molecular weight is 439 g/mol. The highest BCUT2D eigenvalue weighted by molar-refractivity contribution is 8.00. The van der Waals surface area contributed by atoms with Gasteiger partial charge in [0, 0.05) is 17.0 Å². The number of halogens is 3. The Balaban J connectivity index is 0.00000338. The molecule has 0 aliphatic heterocycles. The second-order valence-corrected chi connectivity index (χ2v) is 6.65. The molecule has 3 N–H and O–H groups in total. The molecule has 0 heterocycles. The number of esters is 1. The van der Waals surface area contributed by atoms with Crippen LogP contribution >= 0.6 is 47.4 Å². The first-order valence-corrected chi connectivity index (χ1v) is 9.16. The van der Waals surface area contributed by atoms with E-state index in [0.29, 0.717) is 33.6 Å². The maximum Gasteiger partial charge on any atom is 0.316 e. The molecule has 0 atom stereocenters. The molecule has 0 aliphatic carbocycles. The first kappa shape index (κ1) is 22.7. The molecule has 0 radical (unpaired) electrons. The van der Waals surface area contributed by atoms with E-state index in [0.717, 1.165) is 0 Å². The first-order chi connectivity index (χ1) is 12.0. The van der Waals surface area contributed by atoms with Crippen molar-refractivity contribution in [1.29, 1.82) is 0 Å². The molecule has 0 aliphatic rings. The third-order valence-electron chi connectivity index (χ3n) is 3.16. The van der Waals surface area contributed by atoms with Crippen LogP contribution in [0.25, 0.3) is 0 Å². The Bertz CT molecular complexity index is 774. The molecule has 2 aromatic carbocycles. The van der Waals surface area contributed by atoms with Crippen molar-refractivity contribution >= 4 is 53.3 Å². The number of thioether (sulfide) groups is 1. The summed E-state index contributed by atoms with van der Waals surface area (Å²) < 4.78 is 10.6. The molecule has 2 aromatic rings. The van der Waals surface area contributed by atoms with Gasteiger partial charge in [-0.25, -0.2) is 0 Å². The minimum absolute atomic E-state index is 0. The summed E-state index contributed by atoms with van der Waals surface area (Å²) in [6, 6.07) is 8.11. The van der Waals surface area contributed by atoms with Gasteiger partial charge in [0.25, 0.3) is 0 Å². The van der Waals surface area contributed by atoms with Crippen LogP contribution in [0.1, 0.15) is 12.5 Å². The topological polar surface area (TPSA) is 81.8 Å². The van der Waals surface area contributed by atoms with E-state index in [1.165, 1.54) is 17.8 Å². The highest BCUT2D eigenvalue weighted by Gasteiger charge is 2.14. The van der Waals surface area contributed by atoms with Gasteiger partial charge in [-0.3, -0.25) is 4.79 Å². The third-order valence-corrected chi connectivity index (χ3v) is 5.17. The van der Waals surface area contributed by atoms with Crippen molar-refractivity contribution in [2.24, 2.45) is 5.73 Å². The Labute approximate surface area is 172 Å². The number of phenolic OH excluding ortho intramolecular Hbond substituents is 1. The summed E-state index contributed by atoms with van der Waals surface area (Å²) in [5.74, 6) is 0.758. The number of carbonyl (C=O) groups excluding carboxylic acids is 1. The number of rotatable bonds is 7. The van der Waals surface area contributed by atoms with Gasteiger partial charge in [0.15, 0.2) is 0 Å². The zero-order chi connectivity index (χ0) is 18.4. The number of carbonyl (C=O) groups is 1. The number of nitrogens with two attached hydrogens (primary N) is 1. The van der Waals surface area contributed by atoms with E-state index in [2.05, 4.69) is 0 Å². The maximum atomic E-state index is 11.4. The highest BCUT2D eigenvalue weighted by Crippen LogP contribution is 2.41. The lowest BCUT2D eigenvalue weighted by Crippen LogP contribution is -2.06. The number of hydrogen-bond acceptors (Lipinski definition) is 6. The summed E-state index contributed by atoms with van der Waals surface area (Å²) in [6.07, 6.45) is 0. The quantitative estimate of drug-likeness (QED) is 0.466. The lowest BCUT2D eigenvalue weighted by Gasteiger charge is -2.12. The molecule has 5 nitrogen and oxygen atoms in total. The normalized spacial score (nSPS) is 10.2. The van der Waals surface area contributed by atoms with Crippen molar-refractivity contribution in [3.8, 4) is 17.2 Å². The van der Waals surface area contributed by atoms with Gasteiger partial charge < -0.3 is 20.3 Å². The van der Waals surface area contributed by atoms with E-state index in [1.807, 2.05) is 0 Å². The molecule has 0 saturated heterocycles. The molecule has 26 heavy (non-hydrogen) atoms. The number of hydrogen-bond donors (Lipinski definition) is 2. The minimum atomic E-state index is -0.321. The summed E-state index contributed by atoms with van der Waals surface area (Å²) in [5, 5.41) is 10.2. The van der Waals surface area contributed by atoms with E-state index < -0.39 is 0 Å². The zero-order valence-electron chi connectivity index (χ0n) is 13.8. The lowest BCUT2D eigenvalue weighted by molar-refractivity contribution is -0.139. The van der Waals surface area contributed by atoms with Crippen LogP contribution < -0.4 is 10.5 Å². The molecule has 0 unspecified atom stereocenters. The zero-order valence-corrected chi connectivity index (χ0v) is 17.0. The van der Waals surface area contributed by atoms with Crippen LogP contribution in [0.5, 0.6) is 17.2 Å². The summed E-state index contributed by atoms with van der Waals surface area (Å²) in [7, 11) is 0. The minimum Gasteiger partial charge on any atom is -0.508 e. The molecule has 142 valence electrons. The number of aromatic hydroxyl groups is 1. The van der Waals surface area contributed by atoms with Gasteiger partial charge in [0.1, 0.15) is 22.3 Å². The Morgan fingerprint density at radius 2 is 1.96 bits per heavy atom. The van der Waals surface area contributed by atoms with Crippen molar-refractivity contribution in [1.82, 2.24) is 0 Å². The number of ether oxygens (including phenoxy) is 2. The molecule has 9 heteroatoms. The van der Waals surface area contributed by atoms with Crippen molar-refractivity contribution in [3.05, 3.63) is 45.9 Å². The molecule has 0 bridgehead atoms. The van der Waals surface area contributed by atoms with Crippen molar-refractivity contribution in [2.75, 3.05) is 12.4 Å². The summed E-state index contributed by atoms with van der Waals surface area (Å²) in [6.45, 7) is 2.26. The van der Waals surface area contributed by atoms with Crippen LogP contribution in [0.3, 0.4) is 0 Å². The first-order valence-electron chi connectivity index (χ1n) is 7.42. The van der Waals surface area contributed by atoms with Gasteiger partial charge in [-0.1, -0.05) is 23.2 Å². The Morgan fingerprint density at radius 1 is 1.23 bits per heavy atom. The van der Waals surface area contributed by atoms with E-state index in [1.54, 1.807) is 31.2 Å². The Kier molecular flexibility index (Phi) is 9.39. The molecule has 0 spiro atoms. The predicted molar refractivity (Wildman–Crippen MR) is 107 cm³/mol. The van der Waals surface area contributed by atoms with Crippen molar-refractivity contribution in [3.63, 3.8) is 0 Å². The molecule has 2 rings (SSSR count). The largest absolute Gasteiger partial charge is 0.508 e. The van der Waals surface area contributed by atoms with Gasteiger partial charge in [-0.2, -0.15) is 0 Å². The summed E-state index contributed by atoms with van der Waals surface area (Å²) in [5.41, 5.74) is 6.12. The van der Waals surface area contributed by atoms with E-state index >= 15 is 0 Å². The number of phenols is 1. The van der Waals surface area contributed by atoms with E-state index in [9.17, 15) is 9.90 Å². The van der Waals surface area contributed by atoms with Crippen LogP contribution in [0.4, 0.5) is 0 Å². The number of benzene rings is 2. The predicted octanol–water partition coefficient (Wildman–Crippen LogP) is 5.03. The Hall–Kier alpha value is -1.31. The third kappa shape index (κ3) is 5.86. The fourth-order valence-electron chi connectivity index (χ4n) is 1.96. The summed E-state index contributed by atoms with van der Waals surface area (Å²) in [4.78, 5) is 12.1. The highest BCUT2D eigenvalue weighted by atomic mass is 35.5. The van der Waals surface area contributed by atoms with Gasteiger partial charge in [-0.15, -0.1) is 24.2 Å². The van der Waals surface area contributed by atoms with Crippen LogP contribution in [0.15, 0.2) is 35.2 Å². The molecule has 0 saturated carbocycles. The van der Waals surface area contributed by atoms with Crippen LogP contribution in [0, 0.1) is 0 Å². The van der Waals surface area contributed by atoms with Gasteiger partial charge >= 0.3 is 5.97 Å². The second kappa shape index (κ2) is 10.7. The average Bonchev–Trinajstić information content (AvgIpc) is 2.60. The van der Waals surface area contributed by atoms with Gasteiger partial charge in [-0.05, 0) is 37.3 Å². The fourth-order valence-corrected chi connectivity index (χ4v) is 3.29. The molecule has 0 amide bonds. The maximum absolute atomic E-state index is 11.4. The van der Waals surface area contributed by atoms with Gasteiger partial charge in [0.2, 0.25) is 0 Å². The molecule has 0 aromatic heterocycles. The van der Waals surface area contributed by atoms with Crippen molar-refractivity contribution < 1.29 is 19.4 Å². The fraction of sp³-hybridized carbons (Fsp3) is 0.235. The van der Waals surface area contributed by atoms with Crippen LogP contribution in [-0.2, 0) is 16.1 Å².